The van der Waals surface area contributed by atoms with Crippen molar-refractivity contribution in [1.82, 2.24) is 10.3 Å². The van der Waals surface area contributed by atoms with Crippen molar-refractivity contribution in [3.05, 3.63) is 35.9 Å². The van der Waals surface area contributed by atoms with Crippen LogP contribution in [-0.2, 0) is 0 Å². The second-order valence-electron chi connectivity index (χ2n) is 5.68. The Morgan fingerprint density at radius 1 is 1.23 bits per heavy atom. The Labute approximate surface area is 129 Å². The summed E-state index contributed by atoms with van der Waals surface area (Å²) in [6.45, 7) is 3.41. The average molecular weight is 296 g/mol. The Bertz CT molecular complexity index is 720. The number of hydrogen-bond donors (Lipinski definition) is 2. The SMILES string of the molecule is CC(=N)NC(=O)c1cc2ccccc2nc1N1CCCCC1. The van der Waals surface area contributed by atoms with Gasteiger partial charge in [0.15, 0.2) is 0 Å². The Kier molecular flexibility index (Phi) is 4.04. The number of amides is 1. The highest BCUT2D eigenvalue weighted by Crippen LogP contribution is 2.26. The number of piperidine rings is 1. The molecule has 0 spiro atoms. The van der Waals surface area contributed by atoms with Crippen LogP contribution < -0.4 is 10.2 Å². The zero-order valence-electron chi connectivity index (χ0n) is 12.7. The van der Waals surface area contributed by atoms with E-state index in [0.29, 0.717) is 5.56 Å². The highest BCUT2D eigenvalue weighted by molar-refractivity contribution is 6.09. The molecule has 2 heterocycles. The highest BCUT2D eigenvalue weighted by Gasteiger charge is 2.21. The molecule has 2 N–H and O–H groups in total. The minimum atomic E-state index is -0.258. The molecule has 0 saturated carbocycles. The van der Waals surface area contributed by atoms with Crippen LogP contribution in [0.1, 0.15) is 36.5 Å². The fraction of sp³-hybridized carbons (Fsp3) is 0.353. The van der Waals surface area contributed by atoms with Crippen molar-refractivity contribution >= 4 is 28.5 Å². The summed E-state index contributed by atoms with van der Waals surface area (Å²) < 4.78 is 0. The number of carbonyl (C=O) groups excluding carboxylic acids is 1. The molecule has 1 aromatic heterocycles. The molecule has 0 bridgehead atoms. The summed E-state index contributed by atoms with van der Waals surface area (Å²) in [5.41, 5.74) is 1.44. The summed E-state index contributed by atoms with van der Waals surface area (Å²) in [5, 5.41) is 11.0. The molecule has 5 nitrogen and oxygen atoms in total. The fourth-order valence-corrected chi connectivity index (χ4v) is 2.86. The van der Waals surface area contributed by atoms with E-state index in [1.807, 2.05) is 30.3 Å². The molecule has 1 aromatic carbocycles. The van der Waals surface area contributed by atoms with Crippen molar-refractivity contribution in [1.29, 1.82) is 5.41 Å². The Hall–Kier alpha value is -2.43. The van der Waals surface area contributed by atoms with E-state index >= 15 is 0 Å². The number of carbonyl (C=O) groups is 1. The van der Waals surface area contributed by atoms with Gasteiger partial charge < -0.3 is 10.2 Å². The molecule has 3 rings (SSSR count). The molecule has 1 saturated heterocycles. The van der Waals surface area contributed by atoms with Crippen molar-refractivity contribution in [3.63, 3.8) is 0 Å². The summed E-state index contributed by atoms with van der Waals surface area (Å²) >= 11 is 0. The van der Waals surface area contributed by atoms with Crippen molar-refractivity contribution in [2.45, 2.75) is 26.2 Å². The molecule has 1 aliphatic rings. The normalized spacial score (nSPS) is 14.9. The predicted octanol–water partition coefficient (Wildman–Crippen LogP) is 2.95. The number of anilines is 1. The van der Waals surface area contributed by atoms with Gasteiger partial charge in [0, 0.05) is 18.5 Å². The summed E-state index contributed by atoms with van der Waals surface area (Å²) in [6, 6.07) is 9.69. The lowest BCUT2D eigenvalue weighted by Gasteiger charge is -2.29. The second kappa shape index (κ2) is 6.13. The lowest BCUT2D eigenvalue weighted by Crippen LogP contribution is -2.34. The molecule has 0 aliphatic carbocycles. The lowest BCUT2D eigenvalue weighted by molar-refractivity contribution is 0.0977. The van der Waals surface area contributed by atoms with Crippen molar-refractivity contribution in [3.8, 4) is 0 Å². The highest BCUT2D eigenvalue weighted by atomic mass is 16.1. The maximum Gasteiger partial charge on any atom is 0.260 e. The molecule has 22 heavy (non-hydrogen) atoms. The van der Waals surface area contributed by atoms with Gasteiger partial charge in [0.1, 0.15) is 5.82 Å². The summed E-state index contributed by atoms with van der Waals surface area (Å²) in [6.07, 6.45) is 3.48. The second-order valence-corrected chi connectivity index (χ2v) is 5.68. The van der Waals surface area contributed by atoms with Gasteiger partial charge in [0.25, 0.3) is 5.91 Å². The molecule has 1 aliphatic heterocycles. The zero-order chi connectivity index (χ0) is 15.5. The topological polar surface area (TPSA) is 69.1 Å². The van der Waals surface area contributed by atoms with Gasteiger partial charge in [-0.2, -0.15) is 0 Å². The molecule has 0 unspecified atom stereocenters. The number of hydrogen-bond acceptors (Lipinski definition) is 4. The van der Waals surface area contributed by atoms with Crippen LogP contribution in [0.3, 0.4) is 0 Å². The molecule has 5 heteroatoms. The maximum atomic E-state index is 12.4. The monoisotopic (exact) mass is 296 g/mol. The largest absolute Gasteiger partial charge is 0.356 e. The predicted molar refractivity (Wildman–Crippen MR) is 88.7 cm³/mol. The molecule has 1 amide bonds. The van der Waals surface area contributed by atoms with Gasteiger partial charge in [0.2, 0.25) is 0 Å². The van der Waals surface area contributed by atoms with E-state index in [1.165, 1.54) is 6.42 Å². The summed E-state index contributed by atoms with van der Waals surface area (Å²) in [7, 11) is 0. The summed E-state index contributed by atoms with van der Waals surface area (Å²) in [4.78, 5) is 19.4. The van der Waals surface area contributed by atoms with Gasteiger partial charge in [-0.15, -0.1) is 0 Å². The fourth-order valence-electron chi connectivity index (χ4n) is 2.86. The number of nitrogens with zero attached hydrogens (tertiary/aromatic N) is 2. The van der Waals surface area contributed by atoms with Crippen LogP contribution in [0.25, 0.3) is 10.9 Å². The van der Waals surface area contributed by atoms with Crippen LogP contribution in [0, 0.1) is 5.41 Å². The van der Waals surface area contributed by atoms with Gasteiger partial charge in [0.05, 0.1) is 16.9 Å². The number of fused-ring (bicyclic) bond motifs is 1. The van der Waals surface area contributed by atoms with E-state index in [1.54, 1.807) is 6.92 Å². The molecule has 0 atom stereocenters. The molecule has 1 fully saturated rings. The van der Waals surface area contributed by atoms with Crippen LogP contribution in [0.5, 0.6) is 0 Å². The Morgan fingerprint density at radius 2 is 1.95 bits per heavy atom. The number of aromatic nitrogens is 1. The number of rotatable bonds is 2. The first-order valence-electron chi connectivity index (χ1n) is 7.66. The number of benzene rings is 1. The third-order valence-electron chi connectivity index (χ3n) is 3.91. The van der Waals surface area contributed by atoms with E-state index in [2.05, 4.69) is 10.2 Å². The van der Waals surface area contributed by atoms with Gasteiger partial charge in [-0.05, 0) is 38.3 Å². The van der Waals surface area contributed by atoms with E-state index in [4.69, 9.17) is 10.4 Å². The first-order chi connectivity index (χ1) is 10.6. The standard InChI is InChI=1S/C17H20N4O/c1-12(18)19-17(22)14-11-13-7-3-4-8-15(13)20-16(14)21-9-5-2-6-10-21/h3-4,7-8,11H,2,5-6,9-10H2,1H3,(H2,18,19,22). The molecular formula is C17H20N4O. The van der Waals surface area contributed by atoms with Gasteiger partial charge in [-0.25, -0.2) is 4.98 Å². The third kappa shape index (κ3) is 2.93. The quantitative estimate of drug-likeness (QED) is 0.661. The van der Waals surface area contributed by atoms with Gasteiger partial charge in [-0.1, -0.05) is 18.2 Å². The smallest absolute Gasteiger partial charge is 0.260 e. The van der Waals surface area contributed by atoms with E-state index in [-0.39, 0.29) is 11.7 Å². The zero-order valence-corrected chi connectivity index (χ0v) is 12.7. The minimum Gasteiger partial charge on any atom is -0.356 e. The first kappa shape index (κ1) is 14.5. The summed E-state index contributed by atoms with van der Waals surface area (Å²) in [5.74, 6) is 0.617. The average Bonchev–Trinajstić information content (AvgIpc) is 2.54. The minimum absolute atomic E-state index is 0.141. The van der Waals surface area contributed by atoms with Crippen LogP contribution in [-0.4, -0.2) is 29.8 Å². The Balaban J connectivity index is 2.09. The van der Waals surface area contributed by atoms with Crippen molar-refractivity contribution in [2.24, 2.45) is 0 Å². The van der Waals surface area contributed by atoms with Gasteiger partial charge in [-0.3, -0.25) is 10.2 Å². The molecule has 2 aromatic rings. The maximum absolute atomic E-state index is 12.4. The van der Waals surface area contributed by atoms with Crippen molar-refractivity contribution in [2.75, 3.05) is 18.0 Å². The van der Waals surface area contributed by atoms with Crippen LogP contribution in [0.4, 0.5) is 5.82 Å². The molecule has 0 radical (unpaired) electrons. The van der Waals surface area contributed by atoms with Crippen molar-refractivity contribution < 1.29 is 4.79 Å². The number of amidine groups is 1. The van der Waals surface area contributed by atoms with Crippen LogP contribution in [0.2, 0.25) is 0 Å². The number of para-hydroxylation sites is 1. The van der Waals surface area contributed by atoms with Crippen LogP contribution in [0.15, 0.2) is 30.3 Å². The number of pyridine rings is 1. The lowest BCUT2D eigenvalue weighted by atomic mass is 10.1. The third-order valence-corrected chi connectivity index (χ3v) is 3.91. The number of nitrogens with one attached hydrogen (secondary N) is 2. The Morgan fingerprint density at radius 3 is 2.68 bits per heavy atom. The van der Waals surface area contributed by atoms with E-state index in [9.17, 15) is 4.79 Å². The van der Waals surface area contributed by atoms with Gasteiger partial charge >= 0.3 is 0 Å². The molecular weight excluding hydrogens is 276 g/mol. The van der Waals surface area contributed by atoms with Crippen LogP contribution >= 0.6 is 0 Å². The van der Waals surface area contributed by atoms with E-state index in [0.717, 1.165) is 42.7 Å². The molecule has 114 valence electrons. The first-order valence-corrected chi connectivity index (χ1v) is 7.66. The van der Waals surface area contributed by atoms with E-state index < -0.39 is 0 Å².